The zero-order valence-electron chi connectivity index (χ0n) is 13.0. The third-order valence-electron chi connectivity index (χ3n) is 4.75. The summed E-state index contributed by atoms with van der Waals surface area (Å²) < 4.78 is 32.9. The standard InChI is InChI=1S/C17H25NO3S/c19-22(20,14-6-9-15-7-2-1-3-8-15)18-12-13-21-17-11-5-4-10-16(17)18/h1-3,7-8,16-17H,4-6,9-14H2. The molecule has 1 aromatic rings. The summed E-state index contributed by atoms with van der Waals surface area (Å²) in [4.78, 5) is 0. The minimum absolute atomic E-state index is 0.0734. The van der Waals surface area contributed by atoms with E-state index in [0.717, 1.165) is 32.1 Å². The second-order valence-corrected chi connectivity index (χ2v) is 8.32. The van der Waals surface area contributed by atoms with Gasteiger partial charge in [0.1, 0.15) is 0 Å². The van der Waals surface area contributed by atoms with Crippen molar-refractivity contribution in [3.8, 4) is 0 Å². The average molecular weight is 323 g/mol. The van der Waals surface area contributed by atoms with Crippen LogP contribution in [0.4, 0.5) is 0 Å². The van der Waals surface area contributed by atoms with Crippen molar-refractivity contribution in [3.63, 3.8) is 0 Å². The molecule has 2 atom stereocenters. The number of hydrogen-bond acceptors (Lipinski definition) is 3. The van der Waals surface area contributed by atoms with Gasteiger partial charge >= 0.3 is 0 Å². The molecule has 1 aliphatic carbocycles. The molecule has 1 aromatic carbocycles. The number of hydrogen-bond donors (Lipinski definition) is 0. The Morgan fingerprint density at radius 2 is 1.91 bits per heavy atom. The van der Waals surface area contributed by atoms with Gasteiger partial charge in [0.15, 0.2) is 0 Å². The summed E-state index contributed by atoms with van der Waals surface area (Å²) in [5.41, 5.74) is 1.20. The molecule has 0 amide bonds. The SMILES string of the molecule is O=S(=O)(CCCc1ccccc1)N1CCOC2CCCCC21. The van der Waals surface area contributed by atoms with Crippen LogP contribution in [0.1, 0.15) is 37.7 Å². The molecule has 0 radical (unpaired) electrons. The van der Waals surface area contributed by atoms with E-state index in [1.54, 1.807) is 4.31 Å². The molecule has 0 N–H and O–H groups in total. The molecule has 4 nitrogen and oxygen atoms in total. The van der Waals surface area contributed by atoms with E-state index >= 15 is 0 Å². The van der Waals surface area contributed by atoms with E-state index in [1.807, 2.05) is 18.2 Å². The van der Waals surface area contributed by atoms with Crippen LogP contribution in [0.3, 0.4) is 0 Å². The van der Waals surface area contributed by atoms with Crippen molar-refractivity contribution in [2.24, 2.45) is 0 Å². The van der Waals surface area contributed by atoms with Crippen LogP contribution in [-0.2, 0) is 21.2 Å². The number of nitrogens with zero attached hydrogens (tertiary/aromatic N) is 1. The van der Waals surface area contributed by atoms with Crippen molar-refractivity contribution in [1.82, 2.24) is 4.31 Å². The van der Waals surface area contributed by atoms with E-state index in [9.17, 15) is 8.42 Å². The minimum Gasteiger partial charge on any atom is -0.375 e. The van der Waals surface area contributed by atoms with Gasteiger partial charge < -0.3 is 4.74 Å². The van der Waals surface area contributed by atoms with Crippen molar-refractivity contribution in [1.29, 1.82) is 0 Å². The molecule has 1 saturated heterocycles. The quantitative estimate of drug-likeness (QED) is 0.837. The van der Waals surface area contributed by atoms with Crippen molar-refractivity contribution in [2.45, 2.75) is 50.7 Å². The van der Waals surface area contributed by atoms with Crippen molar-refractivity contribution < 1.29 is 13.2 Å². The van der Waals surface area contributed by atoms with E-state index in [2.05, 4.69) is 12.1 Å². The van der Waals surface area contributed by atoms with Crippen LogP contribution < -0.4 is 0 Å². The lowest BCUT2D eigenvalue weighted by atomic mass is 9.91. The molecule has 2 fully saturated rings. The maximum Gasteiger partial charge on any atom is 0.214 e. The summed E-state index contributed by atoms with van der Waals surface area (Å²) in [6.45, 7) is 1.06. The highest BCUT2D eigenvalue weighted by molar-refractivity contribution is 7.89. The lowest BCUT2D eigenvalue weighted by molar-refractivity contribution is -0.0586. The first-order chi connectivity index (χ1) is 10.7. The van der Waals surface area contributed by atoms with Gasteiger partial charge in [0.2, 0.25) is 10.0 Å². The third-order valence-corrected chi connectivity index (χ3v) is 6.72. The molecule has 2 aliphatic rings. The fraction of sp³-hybridized carbons (Fsp3) is 0.647. The van der Waals surface area contributed by atoms with Crippen molar-refractivity contribution in [2.75, 3.05) is 18.9 Å². The Kier molecular flexibility index (Phi) is 5.16. The maximum atomic E-state index is 12.7. The van der Waals surface area contributed by atoms with Gasteiger partial charge in [-0.25, -0.2) is 8.42 Å². The fourth-order valence-corrected chi connectivity index (χ4v) is 5.38. The van der Waals surface area contributed by atoms with Crippen LogP contribution in [0.5, 0.6) is 0 Å². The molecule has 0 aromatic heterocycles. The fourth-order valence-electron chi connectivity index (χ4n) is 3.63. The van der Waals surface area contributed by atoms with Crippen LogP contribution in [0.25, 0.3) is 0 Å². The van der Waals surface area contributed by atoms with Gasteiger partial charge in [-0.2, -0.15) is 4.31 Å². The molecule has 2 unspecified atom stereocenters. The Balaban J connectivity index is 1.59. The largest absolute Gasteiger partial charge is 0.375 e. The number of ether oxygens (including phenoxy) is 1. The van der Waals surface area contributed by atoms with Crippen molar-refractivity contribution in [3.05, 3.63) is 35.9 Å². The summed E-state index contributed by atoms with van der Waals surface area (Å²) >= 11 is 0. The zero-order valence-corrected chi connectivity index (χ0v) is 13.8. The summed E-state index contributed by atoms with van der Waals surface area (Å²) in [6.07, 6.45) is 5.83. The highest BCUT2D eigenvalue weighted by Crippen LogP contribution is 2.30. The number of rotatable bonds is 5. The number of fused-ring (bicyclic) bond motifs is 1. The van der Waals surface area contributed by atoms with Gasteiger partial charge in [-0.3, -0.25) is 0 Å². The highest BCUT2D eigenvalue weighted by Gasteiger charge is 2.39. The van der Waals surface area contributed by atoms with E-state index < -0.39 is 10.0 Å². The maximum absolute atomic E-state index is 12.7. The summed E-state index contributed by atoms with van der Waals surface area (Å²) in [5.74, 6) is 0.241. The zero-order chi connectivity index (χ0) is 15.4. The number of benzene rings is 1. The topological polar surface area (TPSA) is 46.6 Å². The summed E-state index contributed by atoms with van der Waals surface area (Å²) in [7, 11) is -3.17. The molecule has 0 bridgehead atoms. The van der Waals surface area contributed by atoms with Crippen LogP contribution >= 0.6 is 0 Å². The Hall–Kier alpha value is -0.910. The van der Waals surface area contributed by atoms with Crippen molar-refractivity contribution >= 4 is 10.0 Å². The van der Waals surface area contributed by atoms with Crippen LogP contribution in [0.15, 0.2) is 30.3 Å². The lowest BCUT2D eigenvalue weighted by Gasteiger charge is -2.42. The van der Waals surface area contributed by atoms with Crippen LogP contribution in [-0.4, -0.2) is 43.8 Å². The van der Waals surface area contributed by atoms with E-state index in [-0.39, 0.29) is 17.9 Å². The molecule has 122 valence electrons. The van der Waals surface area contributed by atoms with Gasteiger partial charge in [-0.05, 0) is 31.2 Å². The van der Waals surface area contributed by atoms with Crippen LogP contribution in [0, 0.1) is 0 Å². The van der Waals surface area contributed by atoms with Gasteiger partial charge in [-0.15, -0.1) is 0 Å². The normalized spacial score (nSPS) is 26.5. The van der Waals surface area contributed by atoms with E-state index in [1.165, 1.54) is 5.56 Å². The second kappa shape index (κ2) is 7.11. The first-order valence-electron chi connectivity index (χ1n) is 8.32. The predicted octanol–water partition coefficient (Wildman–Crippen LogP) is 2.59. The number of morpholine rings is 1. The lowest BCUT2D eigenvalue weighted by Crippen LogP contribution is -2.55. The third kappa shape index (κ3) is 3.70. The average Bonchev–Trinajstić information content (AvgIpc) is 2.55. The molecular formula is C17H25NO3S. The number of aryl methyl sites for hydroxylation is 1. The second-order valence-electron chi connectivity index (χ2n) is 6.28. The highest BCUT2D eigenvalue weighted by atomic mass is 32.2. The molecule has 0 spiro atoms. The van der Waals surface area contributed by atoms with E-state index in [0.29, 0.717) is 19.6 Å². The molecule has 1 heterocycles. The van der Waals surface area contributed by atoms with Gasteiger partial charge in [-0.1, -0.05) is 43.2 Å². The first-order valence-corrected chi connectivity index (χ1v) is 9.93. The van der Waals surface area contributed by atoms with Crippen LogP contribution in [0.2, 0.25) is 0 Å². The van der Waals surface area contributed by atoms with Gasteiger partial charge in [0, 0.05) is 6.54 Å². The smallest absolute Gasteiger partial charge is 0.214 e. The minimum atomic E-state index is -3.17. The Labute approximate surface area is 133 Å². The monoisotopic (exact) mass is 323 g/mol. The summed E-state index contributed by atoms with van der Waals surface area (Å²) in [5, 5.41) is 0. The molecule has 1 aliphatic heterocycles. The Morgan fingerprint density at radius 3 is 2.73 bits per heavy atom. The van der Waals surface area contributed by atoms with Gasteiger partial charge in [0.25, 0.3) is 0 Å². The van der Waals surface area contributed by atoms with E-state index in [4.69, 9.17) is 4.74 Å². The molecule has 22 heavy (non-hydrogen) atoms. The molecule has 1 saturated carbocycles. The number of sulfonamides is 1. The summed E-state index contributed by atoms with van der Waals surface area (Å²) in [6, 6.07) is 10.2. The molecule has 3 rings (SSSR count). The predicted molar refractivity (Wildman–Crippen MR) is 87.3 cm³/mol. The van der Waals surface area contributed by atoms with Gasteiger partial charge in [0.05, 0.1) is 24.5 Å². The molecule has 5 heteroatoms. The first kappa shape index (κ1) is 16.0. The molecular weight excluding hydrogens is 298 g/mol. The Morgan fingerprint density at radius 1 is 1.14 bits per heavy atom. The Bertz CT molecular complexity index is 571.